The Labute approximate surface area is 114 Å². The molecule has 0 spiro atoms. The molecule has 1 unspecified atom stereocenters. The maximum atomic E-state index is 10.3. The van der Waals surface area contributed by atoms with Crippen LogP contribution in [0.5, 0.6) is 0 Å². The van der Waals surface area contributed by atoms with Crippen molar-refractivity contribution in [2.75, 3.05) is 39.4 Å². The van der Waals surface area contributed by atoms with Gasteiger partial charge in [0.05, 0.1) is 13.2 Å². The molecule has 1 aromatic rings. The molecule has 0 aliphatic carbocycles. The molecule has 0 radical (unpaired) electrons. The van der Waals surface area contributed by atoms with E-state index in [-0.39, 0.29) is 0 Å². The Kier molecular flexibility index (Phi) is 5.72. The van der Waals surface area contributed by atoms with Crippen molar-refractivity contribution < 1.29 is 9.84 Å². The van der Waals surface area contributed by atoms with Crippen molar-refractivity contribution in [2.45, 2.75) is 18.4 Å². The van der Waals surface area contributed by atoms with Crippen molar-refractivity contribution in [1.82, 2.24) is 15.6 Å². The molecule has 0 bridgehead atoms. The number of aryl methyl sites for hydroxylation is 1. The number of nitrogens with one attached hydrogen (secondary N) is 2. The van der Waals surface area contributed by atoms with Gasteiger partial charge in [0.2, 0.25) is 0 Å². The van der Waals surface area contributed by atoms with Gasteiger partial charge in [-0.3, -0.25) is 4.98 Å². The van der Waals surface area contributed by atoms with Gasteiger partial charge in [0.1, 0.15) is 5.60 Å². The number of β-amino-alcohol motifs (C(OH)–C–C–N with tert-alkyl or cyclic N) is 1. The van der Waals surface area contributed by atoms with E-state index in [9.17, 15) is 5.11 Å². The Morgan fingerprint density at radius 3 is 3.11 bits per heavy atom. The summed E-state index contributed by atoms with van der Waals surface area (Å²) >= 11 is 0. The zero-order valence-corrected chi connectivity index (χ0v) is 11.3. The predicted octanol–water partition coefficient (Wildman–Crippen LogP) is -0.0453. The molecule has 2 heterocycles. The lowest BCUT2D eigenvalue weighted by Crippen LogP contribution is -2.50. The highest BCUT2D eigenvalue weighted by Crippen LogP contribution is 2.06. The highest BCUT2D eigenvalue weighted by atomic mass is 16.5. The van der Waals surface area contributed by atoms with Crippen LogP contribution in [0, 0.1) is 0 Å². The summed E-state index contributed by atoms with van der Waals surface area (Å²) in [6.45, 7) is 3.93. The SMILES string of the molecule is OC1(CNCCCc2ccncc2)CNCCOC1. The fourth-order valence-corrected chi connectivity index (χ4v) is 2.18. The summed E-state index contributed by atoms with van der Waals surface area (Å²) in [6, 6.07) is 4.08. The average molecular weight is 265 g/mol. The van der Waals surface area contributed by atoms with Crippen molar-refractivity contribution in [3.8, 4) is 0 Å². The van der Waals surface area contributed by atoms with E-state index >= 15 is 0 Å². The third kappa shape index (κ3) is 5.24. The average Bonchev–Trinajstić information content (AvgIpc) is 2.65. The zero-order valence-electron chi connectivity index (χ0n) is 11.3. The smallest absolute Gasteiger partial charge is 0.113 e. The van der Waals surface area contributed by atoms with Gasteiger partial charge in [-0.15, -0.1) is 0 Å². The van der Waals surface area contributed by atoms with Crippen LogP contribution in [0.1, 0.15) is 12.0 Å². The van der Waals surface area contributed by atoms with Gasteiger partial charge in [-0.1, -0.05) is 0 Å². The van der Waals surface area contributed by atoms with Crippen LogP contribution in [0.15, 0.2) is 24.5 Å². The first-order valence-electron chi connectivity index (χ1n) is 6.89. The van der Waals surface area contributed by atoms with Crippen LogP contribution in [0.2, 0.25) is 0 Å². The Balaban J connectivity index is 1.61. The molecule has 5 nitrogen and oxygen atoms in total. The molecule has 1 aromatic heterocycles. The number of nitrogens with zero attached hydrogens (tertiary/aromatic N) is 1. The summed E-state index contributed by atoms with van der Waals surface area (Å²) in [7, 11) is 0. The van der Waals surface area contributed by atoms with Gasteiger partial charge < -0.3 is 20.5 Å². The van der Waals surface area contributed by atoms with Crippen molar-refractivity contribution in [3.05, 3.63) is 30.1 Å². The molecule has 3 N–H and O–H groups in total. The lowest BCUT2D eigenvalue weighted by molar-refractivity contribution is -0.0261. The van der Waals surface area contributed by atoms with Crippen LogP contribution in [-0.4, -0.2) is 55.1 Å². The van der Waals surface area contributed by atoms with Gasteiger partial charge >= 0.3 is 0 Å². The lowest BCUT2D eigenvalue weighted by atomic mass is 10.1. The van der Waals surface area contributed by atoms with E-state index in [2.05, 4.69) is 15.6 Å². The third-order valence-electron chi connectivity index (χ3n) is 3.27. The Hall–Kier alpha value is -1.01. The molecule has 1 aliphatic rings. The van der Waals surface area contributed by atoms with Crippen LogP contribution < -0.4 is 10.6 Å². The second-order valence-electron chi connectivity index (χ2n) is 5.09. The van der Waals surface area contributed by atoms with Gasteiger partial charge in [0.25, 0.3) is 0 Å². The summed E-state index contributed by atoms with van der Waals surface area (Å²) < 4.78 is 5.38. The van der Waals surface area contributed by atoms with Gasteiger partial charge in [0.15, 0.2) is 0 Å². The highest BCUT2D eigenvalue weighted by Gasteiger charge is 2.28. The number of ether oxygens (including phenoxy) is 1. The number of rotatable bonds is 6. The molecule has 0 saturated carbocycles. The molecule has 0 amide bonds. The summed E-state index contributed by atoms with van der Waals surface area (Å²) in [5, 5.41) is 16.8. The maximum Gasteiger partial charge on any atom is 0.113 e. The third-order valence-corrected chi connectivity index (χ3v) is 3.27. The van der Waals surface area contributed by atoms with Crippen molar-refractivity contribution in [2.24, 2.45) is 0 Å². The highest BCUT2D eigenvalue weighted by molar-refractivity contribution is 5.09. The summed E-state index contributed by atoms with van der Waals surface area (Å²) in [4.78, 5) is 4.00. The minimum absolute atomic E-state index is 0.400. The molecule has 1 aliphatic heterocycles. The van der Waals surface area contributed by atoms with Crippen LogP contribution in [0.25, 0.3) is 0 Å². The minimum Gasteiger partial charge on any atom is -0.385 e. The van der Waals surface area contributed by atoms with Crippen molar-refractivity contribution in [3.63, 3.8) is 0 Å². The molecule has 0 aromatic carbocycles. The number of aromatic nitrogens is 1. The second kappa shape index (κ2) is 7.55. The van der Waals surface area contributed by atoms with Crippen LogP contribution in [-0.2, 0) is 11.2 Å². The number of pyridine rings is 1. The molecule has 1 fully saturated rings. The van der Waals surface area contributed by atoms with E-state index in [1.54, 1.807) is 0 Å². The Bertz CT molecular complexity index is 351. The first-order chi connectivity index (χ1) is 9.29. The van der Waals surface area contributed by atoms with Crippen LogP contribution in [0.3, 0.4) is 0 Å². The van der Waals surface area contributed by atoms with E-state index < -0.39 is 5.60 Å². The Morgan fingerprint density at radius 1 is 1.42 bits per heavy atom. The minimum atomic E-state index is -0.785. The molecule has 2 rings (SSSR count). The van der Waals surface area contributed by atoms with E-state index in [1.165, 1.54) is 5.56 Å². The summed E-state index contributed by atoms with van der Waals surface area (Å²) in [5.74, 6) is 0. The molecule has 1 atom stereocenters. The van der Waals surface area contributed by atoms with Gasteiger partial charge in [-0.2, -0.15) is 0 Å². The van der Waals surface area contributed by atoms with Gasteiger partial charge in [-0.25, -0.2) is 0 Å². The number of hydrogen-bond donors (Lipinski definition) is 3. The van der Waals surface area contributed by atoms with Gasteiger partial charge in [0, 0.05) is 32.0 Å². The molecule has 106 valence electrons. The van der Waals surface area contributed by atoms with E-state index in [0.717, 1.165) is 25.9 Å². The summed E-state index contributed by atoms with van der Waals surface area (Å²) in [6.07, 6.45) is 5.72. The van der Waals surface area contributed by atoms with Crippen LogP contribution >= 0.6 is 0 Å². The van der Waals surface area contributed by atoms with E-state index in [4.69, 9.17) is 4.74 Å². The fraction of sp³-hybridized carbons (Fsp3) is 0.643. The normalized spacial score (nSPS) is 24.1. The second-order valence-corrected chi connectivity index (χ2v) is 5.09. The lowest BCUT2D eigenvalue weighted by Gasteiger charge is -2.26. The molecule has 19 heavy (non-hydrogen) atoms. The summed E-state index contributed by atoms with van der Waals surface area (Å²) in [5.41, 5.74) is 0.516. The quantitative estimate of drug-likeness (QED) is 0.630. The molecular formula is C14H23N3O2. The topological polar surface area (TPSA) is 66.4 Å². The number of hydrogen-bond acceptors (Lipinski definition) is 5. The maximum absolute atomic E-state index is 10.3. The largest absolute Gasteiger partial charge is 0.385 e. The van der Waals surface area contributed by atoms with E-state index in [0.29, 0.717) is 26.3 Å². The first kappa shape index (κ1) is 14.4. The fourth-order valence-electron chi connectivity index (χ4n) is 2.18. The van der Waals surface area contributed by atoms with Gasteiger partial charge in [-0.05, 0) is 37.1 Å². The number of aliphatic hydroxyl groups is 1. The molecule has 5 heteroatoms. The molecule has 1 saturated heterocycles. The zero-order chi connectivity index (χ0) is 13.4. The van der Waals surface area contributed by atoms with Crippen molar-refractivity contribution >= 4 is 0 Å². The Morgan fingerprint density at radius 2 is 2.26 bits per heavy atom. The predicted molar refractivity (Wildman–Crippen MR) is 74.1 cm³/mol. The molecular weight excluding hydrogens is 242 g/mol. The van der Waals surface area contributed by atoms with Crippen molar-refractivity contribution in [1.29, 1.82) is 0 Å². The van der Waals surface area contributed by atoms with Crippen LogP contribution in [0.4, 0.5) is 0 Å². The standard InChI is InChI=1S/C14H23N3O2/c18-14(11-17-8-9-19-12-14)10-16-5-1-2-13-3-6-15-7-4-13/h3-4,6-7,16-18H,1-2,5,8-12H2. The monoisotopic (exact) mass is 265 g/mol. The first-order valence-corrected chi connectivity index (χ1v) is 6.89. The van der Waals surface area contributed by atoms with E-state index in [1.807, 2.05) is 24.5 Å².